The van der Waals surface area contributed by atoms with Gasteiger partial charge in [-0.2, -0.15) is 0 Å². The van der Waals surface area contributed by atoms with Crippen molar-refractivity contribution < 1.29 is 8.78 Å². The van der Waals surface area contributed by atoms with Crippen LogP contribution in [0.3, 0.4) is 0 Å². The van der Waals surface area contributed by atoms with Gasteiger partial charge in [-0.15, -0.1) is 0 Å². The van der Waals surface area contributed by atoms with E-state index in [4.69, 9.17) is 0 Å². The van der Waals surface area contributed by atoms with Crippen LogP contribution >= 0.6 is 0 Å². The van der Waals surface area contributed by atoms with Crippen molar-refractivity contribution in [1.82, 2.24) is 0 Å². The number of hydrogen-bond donors (Lipinski definition) is 0. The molecule has 1 aromatic carbocycles. The minimum Gasteiger partial charge on any atom is -0.204 e. The fourth-order valence-corrected chi connectivity index (χ4v) is 0.601. The SMILES string of the molecule is Bc1ccc(F)c(F)c1. The summed E-state index contributed by atoms with van der Waals surface area (Å²) in [5.41, 5.74) is 0.730. The Balaban J connectivity index is 3.17. The predicted octanol–water partition coefficient (Wildman–Crippen LogP) is 0.223. The van der Waals surface area contributed by atoms with E-state index in [2.05, 4.69) is 0 Å². The fraction of sp³-hybridized carbons (Fsp3) is 0. The van der Waals surface area contributed by atoms with Crippen molar-refractivity contribution in [3.05, 3.63) is 29.8 Å². The number of rotatable bonds is 0. The summed E-state index contributed by atoms with van der Waals surface area (Å²) in [5, 5.41) is 0. The molecule has 0 radical (unpaired) electrons. The highest BCUT2D eigenvalue weighted by atomic mass is 19.2. The van der Waals surface area contributed by atoms with Crippen molar-refractivity contribution in [3.63, 3.8) is 0 Å². The molecule has 1 rings (SSSR count). The maximum absolute atomic E-state index is 12.2. The molecule has 0 aliphatic carbocycles. The normalized spacial score (nSPS) is 9.56. The van der Waals surface area contributed by atoms with Gasteiger partial charge in [-0.1, -0.05) is 11.5 Å². The number of hydrogen-bond acceptors (Lipinski definition) is 0. The zero-order valence-corrected chi connectivity index (χ0v) is 4.99. The van der Waals surface area contributed by atoms with Gasteiger partial charge in [0.25, 0.3) is 0 Å². The molecule has 0 N–H and O–H groups in total. The monoisotopic (exact) mass is 126 g/mol. The van der Waals surface area contributed by atoms with Gasteiger partial charge in [0, 0.05) is 0 Å². The second kappa shape index (κ2) is 2.17. The van der Waals surface area contributed by atoms with Gasteiger partial charge in [-0.3, -0.25) is 0 Å². The molecular weight excluding hydrogens is 121 g/mol. The molecule has 0 bridgehead atoms. The standard InChI is InChI=1S/C6H5BF2/c7-4-1-2-5(8)6(9)3-4/h1-3H,7H2. The zero-order valence-electron chi connectivity index (χ0n) is 4.99. The molecule has 3 heteroatoms. The summed E-state index contributed by atoms with van der Waals surface area (Å²) < 4.78 is 24.3. The van der Waals surface area contributed by atoms with Crippen LogP contribution in [-0.2, 0) is 0 Å². The summed E-state index contributed by atoms with van der Waals surface area (Å²) in [4.78, 5) is 0. The average molecular weight is 126 g/mol. The third-order valence-corrected chi connectivity index (χ3v) is 1.08. The molecule has 0 aliphatic heterocycles. The van der Waals surface area contributed by atoms with E-state index in [-0.39, 0.29) is 0 Å². The molecule has 0 unspecified atom stereocenters. The highest BCUT2D eigenvalue weighted by molar-refractivity contribution is 6.32. The molecule has 1 aromatic rings. The van der Waals surface area contributed by atoms with Crippen LogP contribution in [0, 0.1) is 11.6 Å². The smallest absolute Gasteiger partial charge is 0.158 e. The van der Waals surface area contributed by atoms with Gasteiger partial charge in [0.2, 0.25) is 0 Å². The van der Waals surface area contributed by atoms with Crippen LogP contribution < -0.4 is 5.46 Å². The van der Waals surface area contributed by atoms with E-state index < -0.39 is 11.6 Å². The Morgan fingerprint density at radius 3 is 2.22 bits per heavy atom. The van der Waals surface area contributed by atoms with Crippen LogP contribution in [0.25, 0.3) is 0 Å². The lowest BCUT2D eigenvalue weighted by atomic mass is 9.96. The van der Waals surface area contributed by atoms with E-state index in [0.29, 0.717) is 0 Å². The highest BCUT2D eigenvalue weighted by Crippen LogP contribution is 1.99. The molecule has 0 saturated carbocycles. The summed E-state index contributed by atoms with van der Waals surface area (Å²) in [6, 6.07) is 3.80. The third-order valence-electron chi connectivity index (χ3n) is 1.08. The average Bonchev–Trinajstić information content (AvgIpc) is 1.80. The molecule has 0 nitrogen and oxygen atoms in total. The largest absolute Gasteiger partial charge is 0.204 e. The van der Waals surface area contributed by atoms with Gasteiger partial charge in [-0.05, 0) is 12.1 Å². The molecule has 0 aromatic heterocycles. The molecule has 0 saturated heterocycles. The quantitative estimate of drug-likeness (QED) is 0.436. The van der Waals surface area contributed by atoms with E-state index in [1.54, 1.807) is 7.85 Å². The first-order valence-electron chi connectivity index (χ1n) is 2.62. The Labute approximate surface area is 52.9 Å². The van der Waals surface area contributed by atoms with Gasteiger partial charge in [0.05, 0.1) is 0 Å². The van der Waals surface area contributed by atoms with Crippen LogP contribution in [0.5, 0.6) is 0 Å². The lowest BCUT2D eigenvalue weighted by Crippen LogP contribution is -2.02. The number of halogens is 2. The van der Waals surface area contributed by atoms with Crippen LogP contribution in [0.1, 0.15) is 0 Å². The zero-order chi connectivity index (χ0) is 6.85. The molecule has 9 heavy (non-hydrogen) atoms. The van der Waals surface area contributed by atoms with Crippen LogP contribution in [-0.4, -0.2) is 7.85 Å². The Morgan fingerprint density at radius 1 is 1.11 bits per heavy atom. The van der Waals surface area contributed by atoms with E-state index in [0.717, 1.165) is 17.6 Å². The highest BCUT2D eigenvalue weighted by Gasteiger charge is 1.97. The van der Waals surface area contributed by atoms with Gasteiger partial charge >= 0.3 is 0 Å². The van der Waals surface area contributed by atoms with Crippen molar-refractivity contribution >= 4 is 13.3 Å². The van der Waals surface area contributed by atoms with Crippen LogP contribution in [0.2, 0.25) is 0 Å². The van der Waals surface area contributed by atoms with E-state index in [1.165, 1.54) is 6.07 Å². The maximum Gasteiger partial charge on any atom is 0.158 e. The summed E-state index contributed by atoms with van der Waals surface area (Å²) in [7, 11) is 1.71. The third kappa shape index (κ3) is 1.28. The molecule has 0 heterocycles. The van der Waals surface area contributed by atoms with Crippen molar-refractivity contribution in [1.29, 1.82) is 0 Å². The van der Waals surface area contributed by atoms with E-state index in [9.17, 15) is 8.78 Å². The first kappa shape index (κ1) is 6.27. The summed E-state index contributed by atoms with van der Waals surface area (Å²) >= 11 is 0. The van der Waals surface area contributed by atoms with Crippen molar-refractivity contribution in [3.8, 4) is 0 Å². The fourth-order valence-electron chi connectivity index (χ4n) is 0.601. The van der Waals surface area contributed by atoms with Crippen molar-refractivity contribution in [2.75, 3.05) is 0 Å². The van der Waals surface area contributed by atoms with Crippen LogP contribution in [0.15, 0.2) is 18.2 Å². The minimum absolute atomic E-state index is 0.730. The molecule has 0 spiro atoms. The van der Waals surface area contributed by atoms with E-state index >= 15 is 0 Å². The Hall–Kier alpha value is -0.855. The second-order valence-electron chi connectivity index (χ2n) is 1.92. The minimum atomic E-state index is -0.791. The first-order valence-corrected chi connectivity index (χ1v) is 2.62. The predicted molar refractivity (Wildman–Crippen MR) is 34.5 cm³/mol. The summed E-state index contributed by atoms with van der Waals surface area (Å²) in [6.45, 7) is 0. The Bertz CT molecular complexity index is 222. The number of benzene rings is 1. The molecule has 0 atom stereocenters. The molecule has 0 aliphatic rings. The summed E-state index contributed by atoms with van der Waals surface area (Å²) in [6.07, 6.45) is 0. The molecular formula is C6H5BF2. The lowest BCUT2D eigenvalue weighted by Gasteiger charge is -1.91. The van der Waals surface area contributed by atoms with Gasteiger partial charge < -0.3 is 0 Å². The van der Waals surface area contributed by atoms with Crippen LogP contribution in [0.4, 0.5) is 8.78 Å². The second-order valence-corrected chi connectivity index (χ2v) is 1.92. The van der Waals surface area contributed by atoms with Crippen molar-refractivity contribution in [2.24, 2.45) is 0 Å². The molecule has 46 valence electrons. The van der Waals surface area contributed by atoms with Crippen molar-refractivity contribution in [2.45, 2.75) is 0 Å². The van der Waals surface area contributed by atoms with Gasteiger partial charge in [-0.25, -0.2) is 8.78 Å². The lowest BCUT2D eigenvalue weighted by molar-refractivity contribution is 0.509. The maximum atomic E-state index is 12.2. The van der Waals surface area contributed by atoms with E-state index in [1.807, 2.05) is 0 Å². The Morgan fingerprint density at radius 2 is 1.78 bits per heavy atom. The van der Waals surface area contributed by atoms with Gasteiger partial charge in [0.1, 0.15) is 7.85 Å². The molecule has 0 fully saturated rings. The topological polar surface area (TPSA) is 0 Å². The summed E-state index contributed by atoms with van der Waals surface area (Å²) in [5.74, 6) is -1.57. The Kier molecular flexibility index (Phi) is 1.51. The van der Waals surface area contributed by atoms with Gasteiger partial charge in [0.15, 0.2) is 11.6 Å². The first-order chi connectivity index (χ1) is 4.20. The molecule has 0 amide bonds.